The largest absolute Gasteiger partial charge is 0.481 e. The highest BCUT2D eigenvalue weighted by atomic mass is 16.4. The second-order valence-corrected chi connectivity index (χ2v) is 2.98. The van der Waals surface area contributed by atoms with Crippen molar-refractivity contribution in [3.05, 3.63) is 0 Å². The first-order valence-corrected chi connectivity index (χ1v) is 4.05. The topological polar surface area (TPSA) is 63.3 Å². The zero-order valence-electron chi connectivity index (χ0n) is 7.21. The molecular formula is C8H17NO2. The molecule has 0 spiro atoms. The maximum Gasteiger partial charge on any atom is 0.303 e. The Balaban J connectivity index is 3.51. The van der Waals surface area contributed by atoms with Crippen molar-refractivity contribution >= 4 is 5.97 Å². The summed E-state index contributed by atoms with van der Waals surface area (Å²) in [6.07, 6.45) is 1.83. The second-order valence-electron chi connectivity index (χ2n) is 2.98. The van der Waals surface area contributed by atoms with Gasteiger partial charge < -0.3 is 10.8 Å². The minimum atomic E-state index is -0.736. The average Bonchev–Trinajstić information content (AvgIpc) is 1.98. The van der Waals surface area contributed by atoms with Gasteiger partial charge in [-0.05, 0) is 18.8 Å². The summed E-state index contributed by atoms with van der Waals surface area (Å²) in [4.78, 5) is 10.2. The third-order valence-corrected chi connectivity index (χ3v) is 2.02. The van der Waals surface area contributed by atoms with Crippen LogP contribution in [0.1, 0.15) is 33.1 Å². The molecule has 2 atom stereocenters. The molecule has 3 N–H and O–H groups in total. The van der Waals surface area contributed by atoms with Gasteiger partial charge in [0.2, 0.25) is 0 Å². The third kappa shape index (κ3) is 4.79. The minimum absolute atomic E-state index is 0.148. The van der Waals surface area contributed by atoms with Gasteiger partial charge in [-0.25, -0.2) is 0 Å². The van der Waals surface area contributed by atoms with Gasteiger partial charge in [0.1, 0.15) is 0 Å². The van der Waals surface area contributed by atoms with Gasteiger partial charge in [0.15, 0.2) is 0 Å². The maximum atomic E-state index is 10.2. The number of hydrogen-bond donors (Lipinski definition) is 2. The zero-order valence-corrected chi connectivity index (χ0v) is 7.21. The van der Waals surface area contributed by atoms with Gasteiger partial charge >= 0.3 is 5.97 Å². The van der Waals surface area contributed by atoms with Gasteiger partial charge in [-0.2, -0.15) is 0 Å². The molecule has 0 aromatic rings. The monoisotopic (exact) mass is 159 g/mol. The van der Waals surface area contributed by atoms with Crippen molar-refractivity contribution < 1.29 is 9.90 Å². The molecule has 0 saturated carbocycles. The summed E-state index contributed by atoms with van der Waals surface area (Å²) < 4.78 is 0. The van der Waals surface area contributed by atoms with Crippen LogP contribution in [0.2, 0.25) is 0 Å². The van der Waals surface area contributed by atoms with Crippen LogP contribution in [0.5, 0.6) is 0 Å². The van der Waals surface area contributed by atoms with E-state index in [1.165, 1.54) is 0 Å². The Morgan fingerprint density at radius 2 is 2.18 bits per heavy atom. The third-order valence-electron chi connectivity index (χ3n) is 2.02. The fraction of sp³-hybridized carbons (Fsp3) is 0.875. The predicted octanol–water partition coefficient (Wildman–Crippen LogP) is 1.22. The molecule has 0 aliphatic rings. The summed E-state index contributed by atoms with van der Waals surface area (Å²) in [6, 6.07) is 0.148. The van der Waals surface area contributed by atoms with E-state index in [0.717, 1.165) is 6.42 Å². The summed E-state index contributed by atoms with van der Waals surface area (Å²) in [6.45, 7) is 4.01. The summed E-state index contributed by atoms with van der Waals surface area (Å²) in [5.41, 5.74) is 5.71. The van der Waals surface area contributed by atoms with E-state index in [0.29, 0.717) is 12.3 Å². The van der Waals surface area contributed by atoms with Crippen LogP contribution >= 0.6 is 0 Å². The van der Waals surface area contributed by atoms with E-state index in [-0.39, 0.29) is 12.5 Å². The van der Waals surface area contributed by atoms with E-state index >= 15 is 0 Å². The van der Waals surface area contributed by atoms with Gasteiger partial charge in [0.25, 0.3) is 0 Å². The molecule has 2 unspecified atom stereocenters. The molecule has 3 nitrogen and oxygen atoms in total. The molecule has 3 heteroatoms. The van der Waals surface area contributed by atoms with E-state index in [2.05, 4.69) is 0 Å². The smallest absolute Gasteiger partial charge is 0.303 e. The minimum Gasteiger partial charge on any atom is -0.481 e. The summed E-state index contributed by atoms with van der Waals surface area (Å²) in [7, 11) is 0. The van der Waals surface area contributed by atoms with Crippen molar-refractivity contribution in [1.82, 2.24) is 0 Å². The fourth-order valence-corrected chi connectivity index (χ4v) is 0.968. The van der Waals surface area contributed by atoms with Crippen LogP contribution in [0, 0.1) is 5.92 Å². The number of carboxylic acids is 1. The normalized spacial score (nSPS) is 15.9. The highest BCUT2D eigenvalue weighted by Gasteiger charge is 2.11. The van der Waals surface area contributed by atoms with Gasteiger partial charge in [-0.3, -0.25) is 4.79 Å². The van der Waals surface area contributed by atoms with E-state index in [9.17, 15) is 4.79 Å². The molecule has 0 aromatic carbocycles. The molecule has 11 heavy (non-hydrogen) atoms. The Morgan fingerprint density at radius 1 is 1.64 bits per heavy atom. The van der Waals surface area contributed by atoms with E-state index < -0.39 is 5.97 Å². The first-order valence-electron chi connectivity index (χ1n) is 4.05. The van der Waals surface area contributed by atoms with Crippen molar-refractivity contribution in [2.75, 3.05) is 0 Å². The second kappa shape index (κ2) is 5.13. The highest BCUT2D eigenvalue weighted by Crippen LogP contribution is 2.10. The van der Waals surface area contributed by atoms with E-state index in [1.807, 2.05) is 13.8 Å². The van der Waals surface area contributed by atoms with Gasteiger partial charge in [0.05, 0.1) is 0 Å². The Labute approximate surface area is 67.6 Å². The van der Waals surface area contributed by atoms with Crippen LogP contribution in [0.15, 0.2) is 0 Å². The predicted molar refractivity (Wildman–Crippen MR) is 44.3 cm³/mol. The highest BCUT2D eigenvalue weighted by molar-refractivity contribution is 5.66. The lowest BCUT2D eigenvalue weighted by Crippen LogP contribution is -2.27. The lowest BCUT2D eigenvalue weighted by atomic mass is 9.96. The summed E-state index contributed by atoms with van der Waals surface area (Å²) in [5.74, 6) is -0.420. The molecule has 0 amide bonds. The van der Waals surface area contributed by atoms with Gasteiger partial charge in [-0.1, -0.05) is 13.8 Å². The number of carbonyl (C=O) groups is 1. The molecule has 0 aliphatic heterocycles. The molecule has 0 saturated heterocycles. The number of aliphatic carboxylic acids is 1. The van der Waals surface area contributed by atoms with Crippen molar-refractivity contribution in [3.63, 3.8) is 0 Å². The lowest BCUT2D eigenvalue weighted by molar-refractivity contribution is -0.137. The number of rotatable bonds is 5. The van der Waals surface area contributed by atoms with Crippen molar-refractivity contribution in [1.29, 1.82) is 0 Å². The summed E-state index contributed by atoms with van der Waals surface area (Å²) >= 11 is 0. The number of carboxylic acid groups (broad SMARTS) is 1. The lowest BCUT2D eigenvalue weighted by Gasteiger charge is -2.16. The fourth-order valence-electron chi connectivity index (χ4n) is 0.968. The molecule has 0 rings (SSSR count). The molecular weight excluding hydrogens is 142 g/mol. The Kier molecular flexibility index (Phi) is 4.86. The van der Waals surface area contributed by atoms with E-state index in [4.69, 9.17) is 10.8 Å². The van der Waals surface area contributed by atoms with Gasteiger partial charge in [-0.15, -0.1) is 0 Å². The first-order chi connectivity index (χ1) is 5.07. The van der Waals surface area contributed by atoms with Crippen LogP contribution < -0.4 is 5.73 Å². The average molecular weight is 159 g/mol. The van der Waals surface area contributed by atoms with Crippen LogP contribution in [0.4, 0.5) is 0 Å². The Morgan fingerprint density at radius 3 is 2.55 bits per heavy atom. The van der Waals surface area contributed by atoms with Crippen LogP contribution in [-0.2, 0) is 4.79 Å². The van der Waals surface area contributed by atoms with Crippen molar-refractivity contribution in [3.8, 4) is 0 Å². The van der Waals surface area contributed by atoms with Crippen LogP contribution in [-0.4, -0.2) is 17.1 Å². The molecule has 0 aliphatic carbocycles. The summed E-state index contributed by atoms with van der Waals surface area (Å²) in [5, 5.41) is 8.38. The molecule has 0 fully saturated rings. The first kappa shape index (κ1) is 10.4. The molecule has 0 radical (unpaired) electrons. The molecule has 0 aromatic heterocycles. The number of nitrogens with two attached hydrogens (primary N) is 1. The Bertz CT molecular complexity index is 125. The van der Waals surface area contributed by atoms with Crippen molar-refractivity contribution in [2.24, 2.45) is 11.7 Å². The van der Waals surface area contributed by atoms with Crippen LogP contribution in [0.3, 0.4) is 0 Å². The number of hydrogen-bond acceptors (Lipinski definition) is 2. The van der Waals surface area contributed by atoms with E-state index in [1.54, 1.807) is 0 Å². The molecule has 66 valence electrons. The van der Waals surface area contributed by atoms with Gasteiger partial charge in [0, 0.05) is 12.5 Å². The quantitative estimate of drug-likeness (QED) is 0.634. The van der Waals surface area contributed by atoms with Crippen LogP contribution in [0.25, 0.3) is 0 Å². The van der Waals surface area contributed by atoms with Crippen molar-refractivity contribution in [2.45, 2.75) is 39.2 Å². The zero-order chi connectivity index (χ0) is 8.85. The standard InChI is InChI=1S/C8H17NO2/c1-3-7(9)6(2)4-5-8(10)11/h6-7H,3-5,9H2,1-2H3,(H,10,11). The Hall–Kier alpha value is -0.570. The molecule has 0 heterocycles. The molecule has 0 bridgehead atoms. The maximum absolute atomic E-state index is 10.2. The SMILES string of the molecule is CCC(N)C(C)CCC(=O)O.